The van der Waals surface area contributed by atoms with Crippen LogP contribution in [-0.2, 0) is 13.0 Å². The van der Waals surface area contributed by atoms with Crippen LogP contribution in [0.3, 0.4) is 0 Å². The Balaban J connectivity index is 1.42. The second-order valence-electron chi connectivity index (χ2n) is 7.78. The van der Waals surface area contributed by atoms with Crippen LogP contribution in [0.15, 0.2) is 66.9 Å². The van der Waals surface area contributed by atoms with Crippen LogP contribution in [0.2, 0.25) is 5.02 Å². The molecule has 1 N–H and O–H groups in total. The molecule has 1 amide bonds. The number of nitrogens with zero attached hydrogens (tertiary/aromatic N) is 3. The highest BCUT2D eigenvalue weighted by molar-refractivity contribution is 6.30. The number of carbonyl (C=O) groups excluding carboxylic acids is 1. The summed E-state index contributed by atoms with van der Waals surface area (Å²) in [6.45, 7) is 2.25. The van der Waals surface area contributed by atoms with Gasteiger partial charge in [-0.25, -0.2) is 4.98 Å². The molecule has 0 atom stereocenters. The van der Waals surface area contributed by atoms with Crippen molar-refractivity contribution < 1.29 is 22.7 Å². The summed E-state index contributed by atoms with van der Waals surface area (Å²) in [4.78, 5) is 19.3. The molecule has 0 bridgehead atoms. The van der Waals surface area contributed by atoms with Crippen molar-refractivity contribution in [1.82, 2.24) is 14.7 Å². The second kappa shape index (κ2) is 9.87. The SMILES string of the molecule is CCc1nc2cc(Cl)ccn2c1C(=O)NCc1ccc(N(C)c2ccc(OC(F)(F)F)cc2)cc1. The van der Waals surface area contributed by atoms with Gasteiger partial charge in [-0.1, -0.05) is 30.7 Å². The van der Waals surface area contributed by atoms with E-state index in [0.29, 0.717) is 40.7 Å². The summed E-state index contributed by atoms with van der Waals surface area (Å²) in [5, 5.41) is 3.48. The van der Waals surface area contributed by atoms with Crippen LogP contribution >= 0.6 is 11.6 Å². The predicted molar refractivity (Wildman–Crippen MR) is 128 cm³/mol. The largest absolute Gasteiger partial charge is 0.573 e. The van der Waals surface area contributed by atoms with Crippen LogP contribution in [0.1, 0.15) is 28.7 Å². The van der Waals surface area contributed by atoms with Crippen LogP contribution < -0.4 is 15.0 Å². The Morgan fingerprint density at radius 2 is 1.71 bits per heavy atom. The Hall–Kier alpha value is -3.72. The van der Waals surface area contributed by atoms with E-state index in [4.69, 9.17) is 11.6 Å². The van der Waals surface area contributed by atoms with Crippen molar-refractivity contribution >= 4 is 34.5 Å². The lowest BCUT2D eigenvalue weighted by molar-refractivity contribution is -0.274. The quantitative estimate of drug-likeness (QED) is 0.329. The van der Waals surface area contributed by atoms with Crippen LogP contribution in [0.5, 0.6) is 5.75 Å². The summed E-state index contributed by atoms with van der Waals surface area (Å²) >= 11 is 6.04. The number of anilines is 2. The first-order chi connectivity index (χ1) is 16.6. The highest BCUT2D eigenvalue weighted by Gasteiger charge is 2.31. The van der Waals surface area contributed by atoms with Gasteiger partial charge in [-0.05, 0) is 54.4 Å². The first kappa shape index (κ1) is 24.4. The summed E-state index contributed by atoms with van der Waals surface area (Å²) in [5.41, 5.74) is 4.20. The molecule has 0 saturated carbocycles. The number of aromatic nitrogens is 2. The van der Waals surface area contributed by atoms with Crippen LogP contribution in [0.4, 0.5) is 24.5 Å². The van der Waals surface area contributed by atoms with E-state index in [9.17, 15) is 18.0 Å². The van der Waals surface area contributed by atoms with Gasteiger partial charge in [-0.15, -0.1) is 13.2 Å². The lowest BCUT2D eigenvalue weighted by atomic mass is 10.1. The van der Waals surface area contributed by atoms with Crippen molar-refractivity contribution in [2.45, 2.75) is 26.3 Å². The summed E-state index contributed by atoms with van der Waals surface area (Å²) in [5.74, 6) is -0.514. The maximum atomic E-state index is 12.9. The topological polar surface area (TPSA) is 58.9 Å². The monoisotopic (exact) mass is 502 g/mol. The fourth-order valence-corrected chi connectivity index (χ4v) is 3.83. The molecule has 0 fully saturated rings. The van der Waals surface area contributed by atoms with Gasteiger partial charge in [-0.3, -0.25) is 9.20 Å². The van der Waals surface area contributed by atoms with Gasteiger partial charge in [-0.2, -0.15) is 0 Å². The Kier molecular flexibility index (Phi) is 6.88. The van der Waals surface area contributed by atoms with Crippen molar-refractivity contribution in [1.29, 1.82) is 0 Å². The summed E-state index contributed by atoms with van der Waals surface area (Å²) in [7, 11) is 1.81. The molecule has 2 aromatic carbocycles. The zero-order chi connectivity index (χ0) is 25.2. The Morgan fingerprint density at radius 3 is 2.31 bits per heavy atom. The minimum absolute atomic E-state index is 0.237. The molecule has 0 aliphatic carbocycles. The number of amides is 1. The number of aryl methyl sites for hydroxylation is 1. The number of carbonyl (C=O) groups is 1. The van der Waals surface area contributed by atoms with Crippen molar-refractivity contribution in [3.8, 4) is 5.75 Å². The Bertz CT molecular complexity index is 1340. The molecule has 0 aliphatic heterocycles. The first-order valence-corrected chi connectivity index (χ1v) is 11.2. The highest BCUT2D eigenvalue weighted by atomic mass is 35.5. The zero-order valence-electron chi connectivity index (χ0n) is 18.9. The van der Waals surface area contributed by atoms with E-state index in [-0.39, 0.29) is 11.7 Å². The molecule has 4 aromatic rings. The lowest BCUT2D eigenvalue weighted by Crippen LogP contribution is -2.25. The van der Waals surface area contributed by atoms with Gasteiger partial charge in [0.2, 0.25) is 0 Å². The summed E-state index contributed by atoms with van der Waals surface area (Å²) < 4.78 is 42.7. The molecule has 0 spiro atoms. The van der Waals surface area contributed by atoms with E-state index < -0.39 is 6.36 Å². The molecule has 2 aromatic heterocycles. The third kappa shape index (κ3) is 5.68. The molecule has 182 valence electrons. The van der Waals surface area contributed by atoms with Crippen molar-refractivity contribution in [3.05, 3.63) is 88.8 Å². The van der Waals surface area contributed by atoms with Gasteiger partial charge >= 0.3 is 6.36 Å². The predicted octanol–water partition coefficient (Wildman–Crippen LogP) is 6.15. The standard InChI is InChI=1S/C25H22ClF3N4O2/c1-3-21-23(33-13-12-17(26)14-22(33)31-21)24(34)30-15-16-4-6-18(7-5-16)32(2)19-8-10-20(11-9-19)35-25(27,28)29/h4-14H,3,15H2,1-2H3,(H,30,34). The number of benzene rings is 2. The van der Waals surface area contributed by atoms with Gasteiger partial charge < -0.3 is 15.0 Å². The maximum absolute atomic E-state index is 12.9. The molecule has 0 saturated heterocycles. The number of pyridine rings is 1. The number of nitrogens with one attached hydrogen (secondary N) is 1. The minimum Gasteiger partial charge on any atom is -0.406 e. The molecule has 2 heterocycles. The van der Waals surface area contributed by atoms with Crippen molar-refractivity contribution in [3.63, 3.8) is 0 Å². The molecule has 4 rings (SSSR count). The molecule has 6 nitrogen and oxygen atoms in total. The lowest BCUT2D eigenvalue weighted by Gasteiger charge is -2.20. The smallest absolute Gasteiger partial charge is 0.406 e. The van der Waals surface area contributed by atoms with Gasteiger partial charge in [0.15, 0.2) is 0 Å². The number of hydrogen-bond acceptors (Lipinski definition) is 4. The van der Waals surface area contributed by atoms with Crippen LogP contribution in [0.25, 0.3) is 5.65 Å². The van der Waals surface area contributed by atoms with Crippen LogP contribution in [-0.4, -0.2) is 28.7 Å². The molecule has 10 heteroatoms. The maximum Gasteiger partial charge on any atom is 0.573 e. The normalized spacial score (nSPS) is 11.5. The Morgan fingerprint density at radius 1 is 1.09 bits per heavy atom. The first-order valence-electron chi connectivity index (χ1n) is 10.8. The van der Waals surface area contributed by atoms with Crippen molar-refractivity contribution in [2.75, 3.05) is 11.9 Å². The number of imidazole rings is 1. The average molecular weight is 503 g/mol. The third-order valence-corrected chi connectivity index (χ3v) is 5.68. The van der Waals surface area contributed by atoms with Gasteiger partial charge in [0.05, 0.1) is 5.69 Å². The zero-order valence-corrected chi connectivity index (χ0v) is 19.7. The van der Waals surface area contributed by atoms with Crippen LogP contribution in [0, 0.1) is 0 Å². The Labute approximate surface area is 204 Å². The van der Waals surface area contributed by atoms with Crippen molar-refractivity contribution in [2.24, 2.45) is 0 Å². The number of fused-ring (bicyclic) bond motifs is 1. The molecule has 0 unspecified atom stereocenters. The fraction of sp³-hybridized carbons (Fsp3) is 0.200. The van der Waals surface area contributed by atoms with E-state index >= 15 is 0 Å². The summed E-state index contributed by atoms with van der Waals surface area (Å²) in [6, 6.07) is 16.5. The molecule has 0 aliphatic rings. The molecule has 0 radical (unpaired) electrons. The highest BCUT2D eigenvalue weighted by Crippen LogP contribution is 2.28. The van der Waals surface area contributed by atoms with E-state index in [1.54, 1.807) is 41.9 Å². The van der Waals surface area contributed by atoms with Gasteiger partial charge in [0, 0.05) is 42.3 Å². The van der Waals surface area contributed by atoms with E-state index in [2.05, 4.69) is 15.0 Å². The molecule has 35 heavy (non-hydrogen) atoms. The molecular weight excluding hydrogens is 481 g/mol. The van der Waals surface area contributed by atoms with E-state index in [1.807, 2.05) is 36.1 Å². The molecular formula is C25H22ClF3N4O2. The number of halogens is 4. The second-order valence-corrected chi connectivity index (χ2v) is 8.22. The number of alkyl halides is 3. The van der Waals surface area contributed by atoms with Gasteiger partial charge in [0.1, 0.15) is 17.1 Å². The average Bonchev–Trinajstić information content (AvgIpc) is 3.19. The summed E-state index contributed by atoms with van der Waals surface area (Å²) in [6.07, 6.45) is -2.40. The third-order valence-electron chi connectivity index (χ3n) is 5.44. The van der Waals surface area contributed by atoms with E-state index in [0.717, 1.165) is 11.3 Å². The number of ether oxygens (including phenoxy) is 1. The van der Waals surface area contributed by atoms with Gasteiger partial charge in [0.25, 0.3) is 5.91 Å². The minimum atomic E-state index is -4.73. The fourth-order valence-electron chi connectivity index (χ4n) is 3.68. The number of hydrogen-bond donors (Lipinski definition) is 1. The van der Waals surface area contributed by atoms with E-state index in [1.165, 1.54) is 12.1 Å². The number of rotatable bonds is 7.